The van der Waals surface area contributed by atoms with E-state index in [1.165, 1.54) is 25.7 Å². The Balaban J connectivity index is 0.000000227. The van der Waals surface area contributed by atoms with E-state index in [0.29, 0.717) is 25.1 Å². The molecule has 4 aromatic rings. The van der Waals surface area contributed by atoms with Gasteiger partial charge in [0.05, 0.1) is 28.7 Å². The van der Waals surface area contributed by atoms with Crippen molar-refractivity contribution < 1.29 is 4.79 Å². The molecule has 1 aromatic carbocycles. The van der Waals surface area contributed by atoms with E-state index in [1.807, 2.05) is 29.4 Å². The Kier molecular flexibility index (Phi) is 6.63. The Hall–Kier alpha value is -3.18. The van der Waals surface area contributed by atoms with E-state index in [4.69, 9.17) is 5.73 Å². The number of nitrogens with two attached hydrogens (primary N) is 1. The van der Waals surface area contributed by atoms with Crippen molar-refractivity contribution in [2.45, 2.75) is 49.7 Å². The second-order valence-electron chi connectivity index (χ2n) is 8.34. The zero-order chi connectivity index (χ0) is 23.5. The molecule has 1 aliphatic heterocycles. The van der Waals surface area contributed by atoms with Gasteiger partial charge in [0.1, 0.15) is 0 Å². The van der Waals surface area contributed by atoms with Gasteiger partial charge in [0.25, 0.3) is 5.91 Å². The number of nitrogen functional groups attached to an aromatic ring is 1. The second kappa shape index (κ2) is 9.98. The van der Waals surface area contributed by atoms with Crippen LogP contribution in [0.25, 0.3) is 10.2 Å². The number of hydrogen-bond acceptors (Lipinski definition) is 9. The summed E-state index contributed by atoms with van der Waals surface area (Å²) >= 11 is 3.24. The lowest BCUT2D eigenvalue weighted by atomic mass is 10.2. The fourth-order valence-electron chi connectivity index (χ4n) is 4.19. The molecule has 0 saturated heterocycles. The predicted octanol–water partition coefficient (Wildman–Crippen LogP) is 4.31. The Labute approximate surface area is 205 Å². The molecule has 34 heavy (non-hydrogen) atoms. The standard InChI is InChI=1S/C18H19N5OS.C5H7N3S/c24-17(23-9-12-8-19-22-15(12)10-23)11-5-6-14-16(7-11)25-18(21-14)20-13-3-1-2-4-13;1-9-4-2-7-5(6)8-3-4/h5-8,13H,1-4,9-10H2,(H,19,22)(H,20,21);2-3H,1H3,(H2,6,7,8). The number of anilines is 2. The molecule has 2 aliphatic rings. The minimum Gasteiger partial charge on any atom is -0.368 e. The highest BCUT2D eigenvalue weighted by atomic mass is 32.2. The van der Waals surface area contributed by atoms with Crippen molar-refractivity contribution in [3.63, 3.8) is 0 Å². The first-order chi connectivity index (χ1) is 16.6. The Morgan fingerprint density at radius 3 is 2.74 bits per heavy atom. The highest BCUT2D eigenvalue weighted by molar-refractivity contribution is 7.98. The quantitative estimate of drug-likeness (QED) is 0.358. The molecule has 0 atom stereocenters. The molecule has 9 nitrogen and oxygen atoms in total. The molecule has 11 heteroatoms. The van der Waals surface area contributed by atoms with Gasteiger partial charge in [-0.1, -0.05) is 24.2 Å². The van der Waals surface area contributed by atoms with Gasteiger partial charge in [-0.3, -0.25) is 9.89 Å². The molecule has 1 saturated carbocycles. The third-order valence-electron chi connectivity index (χ3n) is 6.01. The number of nitrogens with one attached hydrogen (secondary N) is 2. The van der Waals surface area contributed by atoms with Crippen molar-refractivity contribution in [2.75, 3.05) is 17.3 Å². The monoisotopic (exact) mass is 494 g/mol. The van der Waals surface area contributed by atoms with Crippen LogP contribution in [0.2, 0.25) is 0 Å². The molecule has 3 aromatic heterocycles. The molecule has 6 rings (SSSR count). The summed E-state index contributed by atoms with van der Waals surface area (Å²) in [4.78, 5) is 27.9. The second-order valence-corrected chi connectivity index (χ2v) is 10.3. The van der Waals surface area contributed by atoms with Gasteiger partial charge in [-0.15, -0.1) is 11.8 Å². The SMILES string of the molecule is CSc1cnc(N)nc1.O=C(c1ccc2nc(NC3CCCC3)sc2c1)N1Cc2cn[nH]c2C1. The smallest absolute Gasteiger partial charge is 0.254 e. The number of thioether (sulfide) groups is 1. The van der Waals surface area contributed by atoms with Crippen LogP contribution >= 0.6 is 23.1 Å². The Morgan fingerprint density at radius 2 is 2.00 bits per heavy atom. The minimum atomic E-state index is 0.0604. The number of hydrogen-bond donors (Lipinski definition) is 3. The zero-order valence-corrected chi connectivity index (χ0v) is 20.5. The average molecular weight is 495 g/mol. The normalized spacial score (nSPS) is 15.3. The van der Waals surface area contributed by atoms with Gasteiger partial charge in [-0.05, 0) is 37.3 Å². The molecule has 4 N–H and O–H groups in total. The van der Waals surface area contributed by atoms with Gasteiger partial charge in [-0.2, -0.15) is 5.10 Å². The largest absolute Gasteiger partial charge is 0.368 e. The van der Waals surface area contributed by atoms with Crippen molar-refractivity contribution in [3.8, 4) is 0 Å². The molecule has 1 amide bonds. The number of carbonyl (C=O) groups is 1. The van der Waals surface area contributed by atoms with Gasteiger partial charge >= 0.3 is 0 Å². The third-order valence-corrected chi connectivity index (χ3v) is 7.64. The summed E-state index contributed by atoms with van der Waals surface area (Å²) in [6, 6.07) is 6.36. The highest BCUT2D eigenvalue weighted by Crippen LogP contribution is 2.31. The average Bonchev–Trinajstić information content (AvgIpc) is 3.63. The van der Waals surface area contributed by atoms with E-state index in [-0.39, 0.29) is 5.91 Å². The Bertz CT molecular complexity index is 1260. The third kappa shape index (κ3) is 5.00. The maximum Gasteiger partial charge on any atom is 0.254 e. The number of aromatic amines is 1. The molecule has 0 bridgehead atoms. The van der Waals surface area contributed by atoms with E-state index in [0.717, 1.165) is 37.1 Å². The predicted molar refractivity (Wildman–Crippen MR) is 136 cm³/mol. The lowest BCUT2D eigenvalue weighted by Crippen LogP contribution is -2.25. The molecular weight excluding hydrogens is 468 g/mol. The molecule has 0 spiro atoms. The van der Waals surface area contributed by atoms with Gasteiger partial charge in [0.15, 0.2) is 5.13 Å². The van der Waals surface area contributed by atoms with Crippen LogP contribution in [0.5, 0.6) is 0 Å². The highest BCUT2D eigenvalue weighted by Gasteiger charge is 2.26. The van der Waals surface area contributed by atoms with E-state index >= 15 is 0 Å². The number of thiazole rings is 1. The summed E-state index contributed by atoms with van der Waals surface area (Å²) in [6.45, 7) is 1.23. The first-order valence-corrected chi connectivity index (χ1v) is 13.2. The number of nitrogens with zero attached hydrogens (tertiary/aromatic N) is 5. The summed E-state index contributed by atoms with van der Waals surface area (Å²) in [6.07, 6.45) is 12.2. The van der Waals surface area contributed by atoms with Crippen LogP contribution in [0.15, 0.2) is 41.7 Å². The number of H-pyrrole nitrogens is 1. The topological polar surface area (TPSA) is 126 Å². The first-order valence-electron chi connectivity index (χ1n) is 11.2. The van der Waals surface area contributed by atoms with Crippen LogP contribution in [0, 0.1) is 0 Å². The number of fused-ring (bicyclic) bond motifs is 2. The Morgan fingerprint density at radius 1 is 1.21 bits per heavy atom. The number of amides is 1. The first kappa shape index (κ1) is 22.6. The maximum absolute atomic E-state index is 12.8. The van der Waals surface area contributed by atoms with E-state index in [2.05, 4.69) is 30.5 Å². The van der Waals surface area contributed by atoms with Crippen LogP contribution in [0.4, 0.5) is 11.1 Å². The zero-order valence-electron chi connectivity index (χ0n) is 18.8. The van der Waals surface area contributed by atoms with Crippen molar-refractivity contribution in [2.24, 2.45) is 0 Å². The molecule has 1 aliphatic carbocycles. The van der Waals surface area contributed by atoms with Crippen molar-refractivity contribution in [3.05, 3.63) is 53.6 Å². The maximum atomic E-state index is 12.8. The lowest BCUT2D eigenvalue weighted by molar-refractivity contribution is 0.0749. The summed E-state index contributed by atoms with van der Waals surface area (Å²) in [7, 11) is 0. The van der Waals surface area contributed by atoms with Crippen molar-refractivity contribution in [1.82, 2.24) is 30.0 Å². The summed E-state index contributed by atoms with van der Waals surface area (Å²) in [5, 5.41) is 11.5. The molecule has 0 unspecified atom stereocenters. The van der Waals surface area contributed by atoms with Crippen LogP contribution in [0.3, 0.4) is 0 Å². The van der Waals surface area contributed by atoms with Gasteiger partial charge in [0, 0.05) is 41.0 Å². The van der Waals surface area contributed by atoms with Crippen LogP contribution in [0.1, 0.15) is 47.3 Å². The van der Waals surface area contributed by atoms with Crippen molar-refractivity contribution >= 4 is 50.3 Å². The molecular formula is C23H26N8OS2. The fourth-order valence-corrected chi connectivity index (χ4v) is 5.48. The number of aromatic nitrogens is 5. The van der Waals surface area contributed by atoms with Gasteiger partial charge in [0.2, 0.25) is 5.95 Å². The van der Waals surface area contributed by atoms with E-state index in [9.17, 15) is 4.79 Å². The fraction of sp³-hybridized carbons (Fsp3) is 0.348. The lowest BCUT2D eigenvalue weighted by Gasteiger charge is -2.15. The number of carbonyl (C=O) groups excluding carboxylic acids is 1. The number of benzene rings is 1. The van der Waals surface area contributed by atoms with E-state index < -0.39 is 0 Å². The van der Waals surface area contributed by atoms with Crippen LogP contribution in [-0.4, -0.2) is 48.3 Å². The van der Waals surface area contributed by atoms with Gasteiger partial charge in [-0.25, -0.2) is 15.0 Å². The van der Waals surface area contributed by atoms with E-state index in [1.54, 1.807) is 41.7 Å². The summed E-state index contributed by atoms with van der Waals surface area (Å²) in [5.74, 6) is 0.387. The minimum absolute atomic E-state index is 0.0604. The molecule has 4 heterocycles. The summed E-state index contributed by atoms with van der Waals surface area (Å²) in [5.41, 5.74) is 9.07. The van der Waals surface area contributed by atoms with Crippen molar-refractivity contribution in [1.29, 1.82) is 0 Å². The summed E-state index contributed by atoms with van der Waals surface area (Å²) < 4.78 is 1.06. The molecule has 176 valence electrons. The molecule has 0 radical (unpaired) electrons. The molecule has 1 fully saturated rings. The van der Waals surface area contributed by atoms with Gasteiger partial charge < -0.3 is 16.0 Å². The van der Waals surface area contributed by atoms with Crippen LogP contribution in [-0.2, 0) is 13.1 Å². The van der Waals surface area contributed by atoms with Crippen LogP contribution < -0.4 is 11.1 Å². The number of rotatable bonds is 4.